The minimum absolute atomic E-state index is 0.160. The Balaban J connectivity index is 1.69. The highest BCUT2D eigenvalue weighted by Gasteiger charge is 2.47. The van der Waals surface area contributed by atoms with Gasteiger partial charge < -0.3 is 9.84 Å². The summed E-state index contributed by atoms with van der Waals surface area (Å²) in [4.78, 5) is 0. The lowest BCUT2D eigenvalue weighted by Crippen LogP contribution is -2.39. The molecule has 2 aliphatic carbocycles. The molecule has 1 saturated heterocycles. The lowest BCUT2D eigenvalue weighted by atomic mass is 9.82. The van der Waals surface area contributed by atoms with Crippen LogP contribution in [0.3, 0.4) is 0 Å². The van der Waals surface area contributed by atoms with Crippen molar-refractivity contribution in [3.05, 3.63) is 0 Å². The first-order valence-electron chi connectivity index (χ1n) is 6.66. The van der Waals surface area contributed by atoms with E-state index in [0.29, 0.717) is 6.10 Å². The molecule has 0 unspecified atom stereocenters. The molecule has 1 N–H and O–H groups in total. The van der Waals surface area contributed by atoms with Crippen LogP contribution in [0.5, 0.6) is 0 Å². The highest BCUT2D eigenvalue weighted by Crippen LogP contribution is 2.45. The summed E-state index contributed by atoms with van der Waals surface area (Å²) in [6.45, 7) is 0. The monoisotopic (exact) mass is 210 g/mol. The molecule has 0 bridgehead atoms. The van der Waals surface area contributed by atoms with Gasteiger partial charge in [0.15, 0.2) is 0 Å². The second kappa shape index (κ2) is 3.74. The predicted molar refractivity (Wildman–Crippen MR) is 58.7 cm³/mol. The third-order valence-corrected chi connectivity index (χ3v) is 4.76. The van der Waals surface area contributed by atoms with Gasteiger partial charge in [0.2, 0.25) is 0 Å². The second-order valence-electron chi connectivity index (χ2n) is 5.75. The number of hydrogen-bond donors (Lipinski definition) is 1. The van der Waals surface area contributed by atoms with E-state index < -0.39 is 5.60 Å². The molecule has 0 aromatic rings. The van der Waals surface area contributed by atoms with Crippen molar-refractivity contribution in [1.82, 2.24) is 0 Å². The van der Waals surface area contributed by atoms with E-state index in [2.05, 4.69) is 0 Å². The van der Waals surface area contributed by atoms with Gasteiger partial charge in [-0.3, -0.25) is 0 Å². The first kappa shape index (κ1) is 10.1. The Morgan fingerprint density at radius 2 is 1.73 bits per heavy atom. The molecule has 0 spiro atoms. The van der Waals surface area contributed by atoms with Crippen LogP contribution in [0, 0.1) is 5.92 Å². The summed E-state index contributed by atoms with van der Waals surface area (Å²) in [5.41, 5.74) is -0.461. The molecule has 0 radical (unpaired) electrons. The fourth-order valence-electron chi connectivity index (χ4n) is 3.82. The molecule has 0 aromatic carbocycles. The van der Waals surface area contributed by atoms with Gasteiger partial charge in [-0.15, -0.1) is 0 Å². The molecule has 3 rings (SSSR count). The van der Waals surface area contributed by atoms with Crippen LogP contribution in [0.1, 0.15) is 57.8 Å². The Morgan fingerprint density at radius 1 is 1.00 bits per heavy atom. The van der Waals surface area contributed by atoms with Gasteiger partial charge in [-0.2, -0.15) is 0 Å². The lowest BCUT2D eigenvalue weighted by Gasteiger charge is -2.29. The van der Waals surface area contributed by atoms with Crippen molar-refractivity contribution in [2.24, 2.45) is 5.92 Å². The van der Waals surface area contributed by atoms with Crippen molar-refractivity contribution in [3.63, 3.8) is 0 Å². The zero-order valence-corrected chi connectivity index (χ0v) is 9.45. The molecule has 86 valence electrons. The van der Waals surface area contributed by atoms with Crippen LogP contribution in [0.25, 0.3) is 0 Å². The molecule has 1 aliphatic heterocycles. The van der Waals surface area contributed by atoms with E-state index in [1.807, 2.05) is 0 Å². The third-order valence-electron chi connectivity index (χ3n) is 4.76. The Hall–Kier alpha value is -0.0800. The fourth-order valence-corrected chi connectivity index (χ4v) is 3.82. The first-order chi connectivity index (χ1) is 7.28. The average Bonchev–Trinajstić information content (AvgIpc) is 2.84. The zero-order valence-electron chi connectivity index (χ0n) is 9.45. The number of hydrogen-bond acceptors (Lipinski definition) is 2. The van der Waals surface area contributed by atoms with E-state index in [1.54, 1.807) is 0 Å². The summed E-state index contributed by atoms with van der Waals surface area (Å²) in [5, 5.41) is 10.5. The summed E-state index contributed by atoms with van der Waals surface area (Å²) in [6.07, 6.45) is 11.3. The minimum Gasteiger partial charge on any atom is -0.387 e. The molecule has 2 nitrogen and oxygen atoms in total. The van der Waals surface area contributed by atoms with Gasteiger partial charge in [-0.1, -0.05) is 25.7 Å². The summed E-state index contributed by atoms with van der Waals surface area (Å²) >= 11 is 0. The normalized spacial score (nSPS) is 44.2. The van der Waals surface area contributed by atoms with E-state index in [9.17, 15) is 5.11 Å². The van der Waals surface area contributed by atoms with Crippen molar-refractivity contribution in [1.29, 1.82) is 0 Å². The van der Waals surface area contributed by atoms with Crippen molar-refractivity contribution in [3.8, 4) is 0 Å². The topological polar surface area (TPSA) is 29.5 Å². The largest absolute Gasteiger partial charge is 0.387 e. The highest BCUT2D eigenvalue weighted by atomic mass is 16.5. The van der Waals surface area contributed by atoms with E-state index in [1.165, 1.54) is 38.5 Å². The Labute approximate surface area is 92.0 Å². The molecule has 0 aromatic heterocycles. The molecule has 3 aliphatic rings. The van der Waals surface area contributed by atoms with Crippen LogP contribution in [-0.4, -0.2) is 22.9 Å². The van der Waals surface area contributed by atoms with Gasteiger partial charge in [-0.05, 0) is 38.0 Å². The third kappa shape index (κ3) is 1.72. The molecule has 15 heavy (non-hydrogen) atoms. The van der Waals surface area contributed by atoms with Crippen LogP contribution < -0.4 is 0 Å². The molecule has 3 atom stereocenters. The van der Waals surface area contributed by atoms with Crippen molar-refractivity contribution < 1.29 is 9.84 Å². The molecular formula is C13H22O2. The molecule has 2 heteroatoms. The lowest BCUT2D eigenvalue weighted by molar-refractivity contribution is -0.103. The zero-order chi connectivity index (χ0) is 10.3. The number of rotatable bonds is 1. The highest BCUT2D eigenvalue weighted by molar-refractivity contribution is 4.98. The predicted octanol–water partition coefficient (Wildman–Crippen LogP) is 2.64. The van der Waals surface area contributed by atoms with E-state index in [0.717, 1.165) is 25.2 Å². The fraction of sp³-hybridized carbons (Fsp3) is 1.00. The first-order valence-corrected chi connectivity index (χ1v) is 6.66. The van der Waals surface area contributed by atoms with E-state index in [4.69, 9.17) is 4.74 Å². The Kier molecular flexibility index (Phi) is 2.52. The van der Waals surface area contributed by atoms with Crippen LogP contribution >= 0.6 is 0 Å². The molecule has 0 amide bonds. The van der Waals surface area contributed by atoms with Gasteiger partial charge in [0.05, 0.1) is 17.8 Å². The average molecular weight is 210 g/mol. The van der Waals surface area contributed by atoms with Crippen molar-refractivity contribution in [2.45, 2.75) is 75.6 Å². The second-order valence-corrected chi connectivity index (χ2v) is 5.75. The van der Waals surface area contributed by atoms with Crippen LogP contribution in [0.4, 0.5) is 0 Å². The standard InChI is InChI=1S/C13H22O2/c14-13(7-3-4-8-13)12-9-10-5-1-2-6-11(10)15-12/h10-12,14H,1-9H2/t10-,11-,12-/m0/s1. The molecular weight excluding hydrogens is 188 g/mol. The van der Waals surface area contributed by atoms with Crippen molar-refractivity contribution >= 4 is 0 Å². The smallest absolute Gasteiger partial charge is 0.0908 e. The maximum absolute atomic E-state index is 10.5. The van der Waals surface area contributed by atoms with Gasteiger partial charge >= 0.3 is 0 Å². The molecule has 3 fully saturated rings. The maximum atomic E-state index is 10.5. The minimum atomic E-state index is -0.461. The summed E-state index contributed by atoms with van der Waals surface area (Å²) in [7, 11) is 0. The number of fused-ring (bicyclic) bond motifs is 1. The van der Waals surface area contributed by atoms with Crippen LogP contribution in [0.15, 0.2) is 0 Å². The molecule has 1 heterocycles. The summed E-state index contributed by atoms with van der Waals surface area (Å²) < 4.78 is 6.10. The van der Waals surface area contributed by atoms with Gasteiger partial charge in [0.25, 0.3) is 0 Å². The van der Waals surface area contributed by atoms with E-state index in [-0.39, 0.29) is 6.10 Å². The Morgan fingerprint density at radius 3 is 2.47 bits per heavy atom. The Bertz CT molecular complexity index is 219. The van der Waals surface area contributed by atoms with Crippen LogP contribution in [0.2, 0.25) is 0 Å². The summed E-state index contributed by atoms with van der Waals surface area (Å²) in [6, 6.07) is 0. The maximum Gasteiger partial charge on any atom is 0.0908 e. The van der Waals surface area contributed by atoms with Gasteiger partial charge in [-0.25, -0.2) is 0 Å². The quantitative estimate of drug-likeness (QED) is 0.721. The van der Waals surface area contributed by atoms with Gasteiger partial charge in [0, 0.05) is 0 Å². The molecule has 2 saturated carbocycles. The van der Waals surface area contributed by atoms with Gasteiger partial charge in [0.1, 0.15) is 0 Å². The van der Waals surface area contributed by atoms with E-state index >= 15 is 0 Å². The number of aliphatic hydroxyl groups is 1. The van der Waals surface area contributed by atoms with Crippen LogP contribution in [-0.2, 0) is 4.74 Å². The number of ether oxygens (including phenoxy) is 1. The SMILES string of the molecule is OC1([C@@H]2C[C@@H]3CCCC[C@@H]3O2)CCCC1. The summed E-state index contributed by atoms with van der Waals surface area (Å²) in [5.74, 6) is 0.758. The van der Waals surface area contributed by atoms with Crippen molar-refractivity contribution in [2.75, 3.05) is 0 Å².